The summed E-state index contributed by atoms with van der Waals surface area (Å²) in [4.78, 5) is 17.0. The van der Waals surface area contributed by atoms with Gasteiger partial charge >= 0.3 is 0 Å². The van der Waals surface area contributed by atoms with Crippen molar-refractivity contribution in [3.8, 4) is 27.6 Å². The number of aromatic nitrogens is 1. The van der Waals surface area contributed by atoms with E-state index in [4.69, 9.17) is 9.72 Å². The van der Waals surface area contributed by atoms with E-state index in [0.29, 0.717) is 13.0 Å². The SMILES string of the molecule is CCc1ccc(OCCC(=O)Nc2ccc(-c3csc(-c4ccccc4)n3)cc2)cc1. The molecular formula is C26H24N2O2S. The molecule has 0 saturated carbocycles. The van der Waals surface area contributed by atoms with Gasteiger partial charge in [0, 0.05) is 22.2 Å². The molecule has 0 atom stereocenters. The minimum Gasteiger partial charge on any atom is -0.493 e. The molecule has 0 saturated heterocycles. The lowest BCUT2D eigenvalue weighted by atomic mass is 10.1. The highest BCUT2D eigenvalue weighted by atomic mass is 32.1. The molecule has 1 amide bonds. The molecule has 4 aromatic rings. The van der Waals surface area contributed by atoms with Gasteiger partial charge in [0.15, 0.2) is 0 Å². The number of aryl methyl sites for hydroxylation is 1. The van der Waals surface area contributed by atoms with Crippen LogP contribution in [-0.2, 0) is 11.2 Å². The number of hydrogen-bond acceptors (Lipinski definition) is 4. The van der Waals surface area contributed by atoms with Crippen molar-refractivity contribution in [2.24, 2.45) is 0 Å². The van der Waals surface area contributed by atoms with E-state index in [9.17, 15) is 4.79 Å². The lowest BCUT2D eigenvalue weighted by molar-refractivity contribution is -0.116. The molecule has 4 nitrogen and oxygen atoms in total. The van der Waals surface area contributed by atoms with E-state index in [0.717, 1.165) is 39.7 Å². The first kappa shape index (κ1) is 20.8. The number of carbonyl (C=O) groups excluding carboxylic acids is 1. The smallest absolute Gasteiger partial charge is 0.227 e. The van der Waals surface area contributed by atoms with Crippen molar-refractivity contribution >= 4 is 22.9 Å². The van der Waals surface area contributed by atoms with Crippen LogP contribution in [0.25, 0.3) is 21.8 Å². The molecule has 1 aromatic heterocycles. The summed E-state index contributed by atoms with van der Waals surface area (Å²) in [5, 5.41) is 5.97. The second kappa shape index (κ2) is 10.0. The summed E-state index contributed by atoms with van der Waals surface area (Å²) in [5.41, 5.74) is 5.10. The molecule has 31 heavy (non-hydrogen) atoms. The van der Waals surface area contributed by atoms with Crippen LogP contribution >= 0.6 is 11.3 Å². The number of hydrogen-bond donors (Lipinski definition) is 1. The van der Waals surface area contributed by atoms with Crippen LogP contribution in [0.15, 0.2) is 84.2 Å². The third kappa shape index (κ3) is 5.58. The van der Waals surface area contributed by atoms with Gasteiger partial charge in [0.2, 0.25) is 5.91 Å². The van der Waals surface area contributed by atoms with Gasteiger partial charge < -0.3 is 10.1 Å². The molecule has 0 spiro atoms. The van der Waals surface area contributed by atoms with Crippen molar-refractivity contribution in [3.63, 3.8) is 0 Å². The number of amides is 1. The van der Waals surface area contributed by atoms with Crippen LogP contribution in [0.5, 0.6) is 5.75 Å². The number of benzene rings is 3. The molecule has 0 aliphatic carbocycles. The predicted molar refractivity (Wildman–Crippen MR) is 128 cm³/mol. The van der Waals surface area contributed by atoms with Crippen LogP contribution < -0.4 is 10.1 Å². The number of rotatable bonds is 8. The van der Waals surface area contributed by atoms with Gasteiger partial charge in [-0.1, -0.05) is 61.5 Å². The Morgan fingerprint density at radius 2 is 1.68 bits per heavy atom. The van der Waals surface area contributed by atoms with Crippen molar-refractivity contribution in [1.29, 1.82) is 0 Å². The zero-order valence-electron chi connectivity index (χ0n) is 17.4. The number of nitrogens with zero attached hydrogens (tertiary/aromatic N) is 1. The number of carbonyl (C=O) groups is 1. The molecular weight excluding hydrogens is 404 g/mol. The number of ether oxygens (including phenoxy) is 1. The van der Waals surface area contributed by atoms with Crippen LogP contribution in [0.2, 0.25) is 0 Å². The Morgan fingerprint density at radius 1 is 0.935 bits per heavy atom. The highest BCUT2D eigenvalue weighted by Gasteiger charge is 2.08. The first-order chi connectivity index (χ1) is 15.2. The Hall–Kier alpha value is -3.44. The minimum atomic E-state index is -0.0713. The number of anilines is 1. The van der Waals surface area contributed by atoms with Crippen molar-refractivity contribution in [3.05, 3.63) is 89.8 Å². The lowest BCUT2D eigenvalue weighted by Crippen LogP contribution is -2.15. The van der Waals surface area contributed by atoms with E-state index in [-0.39, 0.29) is 5.91 Å². The predicted octanol–water partition coefficient (Wildman–Crippen LogP) is 6.45. The van der Waals surface area contributed by atoms with Crippen LogP contribution in [-0.4, -0.2) is 17.5 Å². The van der Waals surface area contributed by atoms with Crippen LogP contribution in [0.3, 0.4) is 0 Å². The zero-order valence-corrected chi connectivity index (χ0v) is 18.2. The average molecular weight is 429 g/mol. The largest absolute Gasteiger partial charge is 0.493 e. The van der Waals surface area contributed by atoms with Crippen molar-refractivity contribution in [2.45, 2.75) is 19.8 Å². The van der Waals surface area contributed by atoms with E-state index in [2.05, 4.69) is 29.8 Å². The van der Waals surface area contributed by atoms with Gasteiger partial charge in [-0.05, 0) is 36.2 Å². The standard InChI is InChI=1S/C26H24N2O2S/c1-2-19-8-14-23(15-9-19)30-17-16-25(29)27-22-12-10-20(11-13-22)24-18-31-26(28-24)21-6-4-3-5-7-21/h3-15,18H,2,16-17H2,1H3,(H,27,29). The number of nitrogens with one attached hydrogen (secondary N) is 1. The highest BCUT2D eigenvalue weighted by Crippen LogP contribution is 2.29. The molecule has 156 valence electrons. The first-order valence-electron chi connectivity index (χ1n) is 10.3. The van der Waals surface area contributed by atoms with Crippen LogP contribution in [0, 0.1) is 0 Å². The van der Waals surface area contributed by atoms with Gasteiger partial charge in [0.05, 0.1) is 18.7 Å². The van der Waals surface area contributed by atoms with E-state index in [1.807, 2.05) is 66.7 Å². The van der Waals surface area contributed by atoms with Crippen molar-refractivity contribution in [1.82, 2.24) is 4.98 Å². The fourth-order valence-electron chi connectivity index (χ4n) is 3.15. The van der Waals surface area contributed by atoms with Gasteiger partial charge in [-0.2, -0.15) is 0 Å². The Morgan fingerprint density at radius 3 is 2.39 bits per heavy atom. The molecule has 1 heterocycles. The summed E-state index contributed by atoms with van der Waals surface area (Å²) in [6.07, 6.45) is 1.29. The topological polar surface area (TPSA) is 51.2 Å². The van der Waals surface area contributed by atoms with Gasteiger partial charge in [0.1, 0.15) is 10.8 Å². The summed E-state index contributed by atoms with van der Waals surface area (Å²) < 4.78 is 5.66. The molecule has 0 fully saturated rings. The normalized spacial score (nSPS) is 10.6. The molecule has 1 N–H and O–H groups in total. The Balaban J connectivity index is 1.29. The maximum atomic E-state index is 12.2. The summed E-state index contributed by atoms with van der Waals surface area (Å²) in [6, 6.07) is 25.9. The molecule has 3 aromatic carbocycles. The zero-order chi connectivity index (χ0) is 21.5. The highest BCUT2D eigenvalue weighted by molar-refractivity contribution is 7.13. The second-order valence-corrected chi connectivity index (χ2v) is 7.98. The van der Waals surface area contributed by atoms with Crippen LogP contribution in [0.1, 0.15) is 18.9 Å². The fourth-order valence-corrected chi connectivity index (χ4v) is 3.99. The van der Waals surface area contributed by atoms with Crippen molar-refractivity contribution < 1.29 is 9.53 Å². The van der Waals surface area contributed by atoms with Gasteiger partial charge in [-0.15, -0.1) is 11.3 Å². The maximum absolute atomic E-state index is 12.2. The molecule has 0 aliphatic rings. The molecule has 4 rings (SSSR count). The summed E-state index contributed by atoms with van der Waals surface area (Å²) in [6.45, 7) is 2.46. The van der Waals surface area contributed by atoms with Gasteiger partial charge in [-0.3, -0.25) is 4.79 Å². The number of thiazole rings is 1. The van der Waals surface area contributed by atoms with E-state index < -0.39 is 0 Å². The summed E-state index contributed by atoms with van der Waals surface area (Å²) in [5.74, 6) is 0.713. The Labute approximate surface area is 186 Å². The Kier molecular flexibility index (Phi) is 6.75. The third-order valence-electron chi connectivity index (χ3n) is 4.92. The van der Waals surface area contributed by atoms with E-state index in [1.165, 1.54) is 5.56 Å². The molecule has 5 heteroatoms. The third-order valence-corrected chi connectivity index (χ3v) is 5.81. The quantitative estimate of drug-likeness (QED) is 0.351. The van der Waals surface area contributed by atoms with Gasteiger partial charge in [-0.25, -0.2) is 4.98 Å². The fraction of sp³-hybridized carbons (Fsp3) is 0.154. The average Bonchev–Trinajstić information content (AvgIpc) is 3.31. The molecule has 0 bridgehead atoms. The monoisotopic (exact) mass is 428 g/mol. The lowest BCUT2D eigenvalue weighted by Gasteiger charge is -2.08. The molecule has 0 radical (unpaired) electrons. The van der Waals surface area contributed by atoms with Gasteiger partial charge in [0.25, 0.3) is 0 Å². The first-order valence-corrected chi connectivity index (χ1v) is 11.2. The van der Waals surface area contributed by atoms with Crippen LogP contribution in [0.4, 0.5) is 5.69 Å². The second-order valence-electron chi connectivity index (χ2n) is 7.13. The summed E-state index contributed by atoms with van der Waals surface area (Å²) >= 11 is 1.63. The molecule has 0 aliphatic heterocycles. The molecule has 0 unspecified atom stereocenters. The summed E-state index contributed by atoms with van der Waals surface area (Å²) in [7, 11) is 0. The Bertz CT molecular complexity index is 1120. The van der Waals surface area contributed by atoms with E-state index >= 15 is 0 Å². The van der Waals surface area contributed by atoms with Crippen molar-refractivity contribution in [2.75, 3.05) is 11.9 Å². The van der Waals surface area contributed by atoms with E-state index in [1.54, 1.807) is 11.3 Å². The minimum absolute atomic E-state index is 0.0713. The maximum Gasteiger partial charge on any atom is 0.227 e.